The largest absolute Gasteiger partial charge is 0.490 e. The van der Waals surface area contributed by atoms with E-state index in [9.17, 15) is 0 Å². The van der Waals surface area contributed by atoms with Gasteiger partial charge in [-0.05, 0) is 26.0 Å². The summed E-state index contributed by atoms with van der Waals surface area (Å²) in [4.78, 5) is 10.1. The van der Waals surface area contributed by atoms with Crippen molar-refractivity contribution in [2.45, 2.75) is 13.8 Å². The van der Waals surface area contributed by atoms with E-state index in [1.807, 2.05) is 36.9 Å². The van der Waals surface area contributed by atoms with Gasteiger partial charge >= 0.3 is 0 Å². The van der Waals surface area contributed by atoms with E-state index in [-0.39, 0.29) is 0 Å². The molecule has 5 nitrogen and oxygen atoms in total. The summed E-state index contributed by atoms with van der Waals surface area (Å²) in [7, 11) is 0. The fraction of sp³-hybridized carbons (Fsp3) is 0.385. The third kappa shape index (κ3) is 2.61. The molecule has 0 aromatic heterocycles. The monoisotopic (exact) mass is 247 g/mol. The number of anilines is 1. The van der Waals surface area contributed by atoms with E-state index in [0.29, 0.717) is 19.9 Å². The average Bonchev–Trinajstić information content (AvgIpc) is 2.42. The van der Waals surface area contributed by atoms with Crippen molar-refractivity contribution in [2.24, 2.45) is 9.98 Å². The van der Waals surface area contributed by atoms with Gasteiger partial charge in [0.05, 0.1) is 25.2 Å². The van der Waals surface area contributed by atoms with E-state index in [0.717, 1.165) is 17.2 Å². The zero-order chi connectivity index (χ0) is 12.8. The molecule has 1 heterocycles. The van der Waals surface area contributed by atoms with Gasteiger partial charge in [0, 0.05) is 0 Å². The number of ether oxygens (including phenoxy) is 2. The Kier molecular flexibility index (Phi) is 4.17. The van der Waals surface area contributed by atoms with Crippen LogP contribution in [0, 0.1) is 0 Å². The van der Waals surface area contributed by atoms with Gasteiger partial charge in [0.15, 0.2) is 11.5 Å². The predicted octanol–water partition coefficient (Wildman–Crippen LogP) is 2.32. The number of benzene rings is 1. The van der Waals surface area contributed by atoms with Crippen molar-refractivity contribution in [3.8, 4) is 11.5 Å². The topological polar surface area (TPSA) is 46.4 Å². The molecule has 1 aromatic carbocycles. The van der Waals surface area contributed by atoms with Crippen LogP contribution in [0.1, 0.15) is 13.8 Å². The first kappa shape index (κ1) is 12.4. The zero-order valence-electron chi connectivity index (χ0n) is 10.7. The Morgan fingerprint density at radius 2 is 2.06 bits per heavy atom. The van der Waals surface area contributed by atoms with Crippen LogP contribution in [0.25, 0.3) is 0 Å². The molecule has 96 valence electrons. The van der Waals surface area contributed by atoms with Crippen molar-refractivity contribution < 1.29 is 9.47 Å². The maximum atomic E-state index is 5.69. The lowest BCUT2D eigenvalue weighted by Crippen LogP contribution is -2.24. The second kappa shape index (κ2) is 6.05. The number of nitrogens with zero attached hydrogens (tertiary/aromatic N) is 3. The fourth-order valence-corrected chi connectivity index (χ4v) is 1.75. The van der Waals surface area contributed by atoms with Crippen LogP contribution in [0.15, 0.2) is 28.2 Å². The molecular weight excluding hydrogens is 230 g/mol. The van der Waals surface area contributed by atoms with Gasteiger partial charge in [-0.25, -0.2) is 4.99 Å². The van der Waals surface area contributed by atoms with E-state index >= 15 is 0 Å². The van der Waals surface area contributed by atoms with Crippen LogP contribution >= 0.6 is 0 Å². The molecule has 1 aliphatic heterocycles. The van der Waals surface area contributed by atoms with Crippen LogP contribution in [-0.2, 0) is 0 Å². The van der Waals surface area contributed by atoms with Gasteiger partial charge in [-0.1, -0.05) is 6.07 Å². The van der Waals surface area contributed by atoms with Crippen molar-refractivity contribution in [3.63, 3.8) is 0 Å². The minimum Gasteiger partial charge on any atom is -0.490 e. The maximum Gasteiger partial charge on any atom is 0.184 e. The number of hydrogen-bond acceptors (Lipinski definition) is 5. The maximum absolute atomic E-state index is 5.69. The molecular formula is C13H17N3O2. The van der Waals surface area contributed by atoms with E-state index in [4.69, 9.17) is 9.47 Å². The molecule has 2 rings (SSSR count). The van der Waals surface area contributed by atoms with Gasteiger partial charge < -0.3 is 14.4 Å². The molecule has 0 radical (unpaired) electrons. The highest BCUT2D eigenvalue weighted by atomic mass is 16.5. The summed E-state index contributed by atoms with van der Waals surface area (Å²) in [5.74, 6) is 1.49. The van der Waals surface area contributed by atoms with Gasteiger partial charge in [0.1, 0.15) is 13.0 Å². The lowest BCUT2D eigenvalue weighted by Gasteiger charge is -2.23. The van der Waals surface area contributed by atoms with Crippen molar-refractivity contribution in [2.75, 3.05) is 24.8 Å². The number of hydrogen-bond donors (Lipinski definition) is 0. The first-order valence-corrected chi connectivity index (χ1v) is 6.03. The number of aliphatic imine (C=N–C) groups is 2. The summed E-state index contributed by atoms with van der Waals surface area (Å²) < 4.78 is 11.3. The summed E-state index contributed by atoms with van der Waals surface area (Å²) in [6.45, 7) is 5.64. The molecule has 0 bridgehead atoms. The second-order valence-electron chi connectivity index (χ2n) is 3.64. The van der Waals surface area contributed by atoms with E-state index in [1.54, 1.807) is 12.7 Å². The van der Waals surface area contributed by atoms with E-state index in [2.05, 4.69) is 9.98 Å². The molecule has 1 aliphatic rings. The molecule has 18 heavy (non-hydrogen) atoms. The standard InChI is InChI=1S/C13H17N3O2/c1-3-17-12-7-5-6-11(13(12)18-4-2)16-9-14-8-15-10-16/h5-9H,3-4,10H2,1-2H3. The van der Waals surface area contributed by atoms with E-state index < -0.39 is 0 Å². The summed E-state index contributed by atoms with van der Waals surface area (Å²) in [6.07, 6.45) is 3.28. The normalized spacial score (nSPS) is 13.8. The SMILES string of the molecule is CCOc1cccc(N2C=NC=NC2)c1OCC. The smallest absolute Gasteiger partial charge is 0.184 e. The van der Waals surface area contributed by atoms with Gasteiger partial charge in [-0.2, -0.15) is 0 Å². The van der Waals surface area contributed by atoms with Gasteiger partial charge in [0.2, 0.25) is 0 Å². The Bertz CT molecular complexity index is 458. The first-order valence-electron chi connectivity index (χ1n) is 6.03. The Morgan fingerprint density at radius 3 is 2.72 bits per heavy atom. The first-order chi connectivity index (χ1) is 8.86. The van der Waals surface area contributed by atoms with Crippen LogP contribution < -0.4 is 14.4 Å². The van der Waals surface area contributed by atoms with Crippen molar-refractivity contribution in [3.05, 3.63) is 18.2 Å². The van der Waals surface area contributed by atoms with Gasteiger partial charge in [-0.15, -0.1) is 0 Å². The van der Waals surface area contributed by atoms with Crippen LogP contribution in [0.2, 0.25) is 0 Å². The molecule has 5 heteroatoms. The third-order valence-electron chi connectivity index (χ3n) is 2.44. The van der Waals surface area contributed by atoms with Crippen LogP contribution in [0.5, 0.6) is 11.5 Å². The molecule has 0 spiro atoms. The zero-order valence-corrected chi connectivity index (χ0v) is 10.7. The highest BCUT2D eigenvalue weighted by molar-refractivity contribution is 5.89. The van der Waals surface area contributed by atoms with Crippen LogP contribution in [0.3, 0.4) is 0 Å². The Hall–Kier alpha value is -2.04. The quantitative estimate of drug-likeness (QED) is 0.802. The summed E-state index contributed by atoms with van der Waals surface area (Å²) >= 11 is 0. The number of rotatable bonds is 5. The third-order valence-corrected chi connectivity index (χ3v) is 2.44. The molecule has 0 saturated heterocycles. The highest BCUT2D eigenvalue weighted by Crippen LogP contribution is 2.37. The number of para-hydroxylation sites is 1. The lowest BCUT2D eigenvalue weighted by molar-refractivity contribution is 0.288. The molecule has 0 N–H and O–H groups in total. The molecule has 1 aromatic rings. The molecule has 0 saturated carbocycles. The molecule has 0 aliphatic carbocycles. The van der Waals surface area contributed by atoms with E-state index in [1.165, 1.54) is 0 Å². The molecule has 0 atom stereocenters. The van der Waals surface area contributed by atoms with Crippen molar-refractivity contribution >= 4 is 18.4 Å². The fourth-order valence-electron chi connectivity index (χ4n) is 1.75. The van der Waals surface area contributed by atoms with Gasteiger partial charge in [-0.3, -0.25) is 4.99 Å². The average molecular weight is 247 g/mol. The minimum absolute atomic E-state index is 0.541. The van der Waals surface area contributed by atoms with Crippen molar-refractivity contribution in [1.29, 1.82) is 0 Å². The Labute approximate surface area is 107 Å². The molecule has 0 amide bonds. The predicted molar refractivity (Wildman–Crippen MR) is 73.1 cm³/mol. The van der Waals surface area contributed by atoms with Crippen LogP contribution in [-0.4, -0.2) is 32.6 Å². The Balaban J connectivity index is 2.35. The molecule has 0 unspecified atom stereocenters. The molecule has 0 fully saturated rings. The Morgan fingerprint density at radius 1 is 1.22 bits per heavy atom. The summed E-state index contributed by atoms with van der Waals surface area (Å²) in [6, 6.07) is 5.82. The summed E-state index contributed by atoms with van der Waals surface area (Å²) in [5, 5.41) is 0. The highest BCUT2D eigenvalue weighted by Gasteiger charge is 2.16. The van der Waals surface area contributed by atoms with Crippen molar-refractivity contribution in [1.82, 2.24) is 0 Å². The minimum atomic E-state index is 0.541. The second-order valence-corrected chi connectivity index (χ2v) is 3.64. The lowest BCUT2D eigenvalue weighted by atomic mass is 10.2. The summed E-state index contributed by atoms with van der Waals surface area (Å²) in [5.41, 5.74) is 0.920. The van der Waals surface area contributed by atoms with Crippen LogP contribution in [0.4, 0.5) is 5.69 Å². The van der Waals surface area contributed by atoms with Gasteiger partial charge in [0.25, 0.3) is 0 Å².